The summed E-state index contributed by atoms with van der Waals surface area (Å²) in [7, 11) is 0. The number of nitrogens with zero attached hydrogens (tertiary/aromatic N) is 1. The monoisotopic (exact) mass is 295 g/mol. The van der Waals surface area contributed by atoms with Gasteiger partial charge in [-0.2, -0.15) is 0 Å². The lowest BCUT2D eigenvalue weighted by molar-refractivity contribution is 0.103. The second-order valence-corrected chi connectivity index (χ2v) is 5.02. The van der Waals surface area contributed by atoms with Gasteiger partial charge in [-0.05, 0) is 48.5 Å². The molecule has 0 amide bonds. The van der Waals surface area contributed by atoms with E-state index >= 15 is 0 Å². The van der Waals surface area contributed by atoms with E-state index in [-0.39, 0.29) is 5.78 Å². The number of aldehydes is 1. The molecule has 0 unspecified atom stereocenters. The van der Waals surface area contributed by atoms with Crippen molar-refractivity contribution in [2.45, 2.75) is 0 Å². The molecule has 0 aliphatic heterocycles. The Labute approximate surface area is 126 Å². The van der Waals surface area contributed by atoms with E-state index in [0.29, 0.717) is 32.6 Å². The predicted octanol–water partition coefficient (Wildman–Crippen LogP) is 3.93. The molecule has 0 aliphatic rings. The van der Waals surface area contributed by atoms with Crippen molar-refractivity contribution in [3.63, 3.8) is 0 Å². The first kappa shape index (κ1) is 13.5. The number of halogens is 1. The van der Waals surface area contributed by atoms with Crippen molar-refractivity contribution in [3.05, 3.63) is 76.4 Å². The van der Waals surface area contributed by atoms with Crippen molar-refractivity contribution in [1.82, 2.24) is 4.98 Å². The molecule has 0 saturated heterocycles. The molecule has 102 valence electrons. The molecular weight excluding hydrogens is 286 g/mol. The van der Waals surface area contributed by atoms with E-state index in [1.165, 1.54) is 0 Å². The van der Waals surface area contributed by atoms with Crippen LogP contribution in [0.1, 0.15) is 26.3 Å². The van der Waals surface area contributed by atoms with Gasteiger partial charge in [-0.25, -0.2) is 0 Å². The predicted molar refractivity (Wildman–Crippen MR) is 82.0 cm³/mol. The molecule has 0 spiro atoms. The highest BCUT2D eigenvalue weighted by Gasteiger charge is 2.11. The van der Waals surface area contributed by atoms with E-state index in [2.05, 4.69) is 4.98 Å². The number of carbonyl (C=O) groups is 2. The van der Waals surface area contributed by atoms with E-state index in [1.54, 1.807) is 54.7 Å². The van der Waals surface area contributed by atoms with E-state index in [1.807, 2.05) is 0 Å². The molecule has 2 aromatic carbocycles. The van der Waals surface area contributed by atoms with Crippen molar-refractivity contribution in [1.29, 1.82) is 0 Å². The van der Waals surface area contributed by atoms with Gasteiger partial charge in [0.25, 0.3) is 0 Å². The van der Waals surface area contributed by atoms with Crippen molar-refractivity contribution in [2.24, 2.45) is 0 Å². The van der Waals surface area contributed by atoms with E-state index in [4.69, 9.17) is 11.6 Å². The molecule has 1 heterocycles. The zero-order valence-corrected chi connectivity index (χ0v) is 11.7. The fourth-order valence-corrected chi connectivity index (χ4v) is 2.31. The number of hydrogen-bond acceptors (Lipinski definition) is 3. The SMILES string of the molecule is O=Cc1ccnc2ccc(C(=O)c3ccc(Cl)cc3)cc12. The van der Waals surface area contributed by atoms with Crippen molar-refractivity contribution in [3.8, 4) is 0 Å². The number of aromatic nitrogens is 1. The maximum absolute atomic E-state index is 12.4. The van der Waals surface area contributed by atoms with Gasteiger partial charge in [-0.15, -0.1) is 0 Å². The van der Waals surface area contributed by atoms with Crippen LogP contribution in [0.2, 0.25) is 5.02 Å². The van der Waals surface area contributed by atoms with Crippen LogP contribution in [0.5, 0.6) is 0 Å². The van der Waals surface area contributed by atoms with Gasteiger partial charge in [0.05, 0.1) is 5.52 Å². The normalized spacial score (nSPS) is 10.5. The van der Waals surface area contributed by atoms with Crippen LogP contribution in [-0.4, -0.2) is 17.1 Å². The first-order valence-electron chi connectivity index (χ1n) is 6.33. The summed E-state index contributed by atoms with van der Waals surface area (Å²) in [6, 6.07) is 13.5. The summed E-state index contributed by atoms with van der Waals surface area (Å²) in [5.74, 6) is -0.116. The lowest BCUT2D eigenvalue weighted by Gasteiger charge is -2.05. The van der Waals surface area contributed by atoms with Crippen LogP contribution >= 0.6 is 11.6 Å². The summed E-state index contributed by atoms with van der Waals surface area (Å²) in [5, 5.41) is 1.25. The number of ketones is 1. The van der Waals surface area contributed by atoms with Crippen LogP contribution in [0.15, 0.2) is 54.7 Å². The van der Waals surface area contributed by atoms with Gasteiger partial charge >= 0.3 is 0 Å². The average Bonchev–Trinajstić information content (AvgIpc) is 2.53. The minimum atomic E-state index is -0.116. The third kappa shape index (κ3) is 2.56. The van der Waals surface area contributed by atoms with E-state index < -0.39 is 0 Å². The van der Waals surface area contributed by atoms with Crippen LogP contribution in [-0.2, 0) is 0 Å². The summed E-state index contributed by atoms with van der Waals surface area (Å²) < 4.78 is 0. The van der Waals surface area contributed by atoms with E-state index in [0.717, 1.165) is 6.29 Å². The fraction of sp³-hybridized carbons (Fsp3) is 0. The van der Waals surface area contributed by atoms with Crippen LogP contribution in [0.25, 0.3) is 10.9 Å². The molecule has 21 heavy (non-hydrogen) atoms. The fourth-order valence-electron chi connectivity index (χ4n) is 2.18. The Morgan fingerprint density at radius 3 is 2.43 bits per heavy atom. The van der Waals surface area contributed by atoms with Gasteiger partial charge in [-0.3, -0.25) is 14.6 Å². The minimum Gasteiger partial charge on any atom is -0.298 e. The first-order valence-corrected chi connectivity index (χ1v) is 6.71. The van der Waals surface area contributed by atoms with Crippen LogP contribution in [0, 0.1) is 0 Å². The number of rotatable bonds is 3. The Bertz CT molecular complexity index is 841. The number of pyridine rings is 1. The average molecular weight is 296 g/mol. The van der Waals surface area contributed by atoms with Crippen LogP contribution in [0.3, 0.4) is 0 Å². The summed E-state index contributed by atoms with van der Waals surface area (Å²) in [4.78, 5) is 27.7. The summed E-state index contributed by atoms with van der Waals surface area (Å²) >= 11 is 5.82. The third-order valence-corrected chi connectivity index (χ3v) is 3.52. The van der Waals surface area contributed by atoms with Gasteiger partial charge in [0.1, 0.15) is 0 Å². The van der Waals surface area contributed by atoms with Crippen molar-refractivity contribution < 1.29 is 9.59 Å². The quantitative estimate of drug-likeness (QED) is 0.543. The van der Waals surface area contributed by atoms with Gasteiger partial charge < -0.3 is 0 Å². The smallest absolute Gasteiger partial charge is 0.193 e. The number of benzene rings is 2. The second-order valence-electron chi connectivity index (χ2n) is 4.59. The van der Waals surface area contributed by atoms with E-state index in [9.17, 15) is 9.59 Å². The number of carbonyl (C=O) groups excluding carboxylic acids is 2. The molecular formula is C17H10ClNO2. The zero-order valence-electron chi connectivity index (χ0n) is 10.9. The topological polar surface area (TPSA) is 47.0 Å². The van der Waals surface area contributed by atoms with Gasteiger partial charge in [0.2, 0.25) is 0 Å². The molecule has 0 saturated carbocycles. The maximum atomic E-state index is 12.4. The molecule has 4 heteroatoms. The van der Waals surface area contributed by atoms with Gasteiger partial charge in [0.15, 0.2) is 12.1 Å². The van der Waals surface area contributed by atoms with Crippen LogP contribution in [0.4, 0.5) is 0 Å². The molecule has 3 rings (SSSR count). The first-order chi connectivity index (χ1) is 10.2. The highest BCUT2D eigenvalue weighted by Crippen LogP contribution is 2.20. The molecule has 0 atom stereocenters. The van der Waals surface area contributed by atoms with Gasteiger partial charge in [-0.1, -0.05) is 11.6 Å². The molecule has 0 bridgehead atoms. The number of hydrogen-bond donors (Lipinski definition) is 0. The molecule has 0 N–H and O–H groups in total. The Balaban J connectivity index is 2.10. The third-order valence-electron chi connectivity index (χ3n) is 3.27. The Morgan fingerprint density at radius 1 is 1.00 bits per heavy atom. The summed E-state index contributed by atoms with van der Waals surface area (Å²) in [5.41, 5.74) is 2.27. The molecule has 0 fully saturated rings. The van der Waals surface area contributed by atoms with Gasteiger partial charge in [0, 0.05) is 33.3 Å². The Kier molecular flexibility index (Phi) is 3.50. The number of fused-ring (bicyclic) bond motifs is 1. The summed E-state index contributed by atoms with van der Waals surface area (Å²) in [6.07, 6.45) is 2.34. The Morgan fingerprint density at radius 2 is 1.71 bits per heavy atom. The molecule has 1 aromatic heterocycles. The van der Waals surface area contributed by atoms with Crippen molar-refractivity contribution >= 4 is 34.6 Å². The standard InChI is InChI=1S/C17H10ClNO2/c18-14-4-1-11(2-5-14)17(21)12-3-6-16-15(9-12)13(10-20)7-8-19-16/h1-10H. The summed E-state index contributed by atoms with van der Waals surface area (Å²) in [6.45, 7) is 0. The highest BCUT2D eigenvalue weighted by atomic mass is 35.5. The highest BCUT2D eigenvalue weighted by molar-refractivity contribution is 6.30. The lowest BCUT2D eigenvalue weighted by atomic mass is 10.00. The lowest BCUT2D eigenvalue weighted by Crippen LogP contribution is -2.01. The molecule has 0 aliphatic carbocycles. The van der Waals surface area contributed by atoms with Crippen molar-refractivity contribution in [2.75, 3.05) is 0 Å². The minimum absolute atomic E-state index is 0.116. The largest absolute Gasteiger partial charge is 0.298 e. The second kappa shape index (κ2) is 5.46. The maximum Gasteiger partial charge on any atom is 0.193 e. The zero-order chi connectivity index (χ0) is 14.8. The van der Waals surface area contributed by atoms with Crippen LogP contribution < -0.4 is 0 Å². The Hall–Kier alpha value is -2.52. The molecule has 0 radical (unpaired) electrons. The molecule has 3 aromatic rings. The molecule has 3 nitrogen and oxygen atoms in total.